The molecule has 0 bridgehead atoms. The number of amides is 1. The van der Waals surface area contributed by atoms with Gasteiger partial charge in [-0.3, -0.25) is 14.9 Å². The molecule has 3 rings (SSSR count). The summed E-state index contributed by atoms with van der Waals surface area (Å²) in [4.78, 5) is 26.0. The Morgan fingerprint density at radius 2 is 2.37 bits per heavy atom. The summed E-state index contributed by atoms with van der Waals surface area (Å²) in [5.41, 5.74) is 1.86. The zero-order chi connectivity index (χ0) is 13.6. The van der Waals surface area contributed by atoms with E-state index in [1.165, 1.54) is 0 Å². The molecule has 1 heterocycles. The van der Waals surface area contributed by atoms with Crippen LogP contribution >= 0.6 is 0 Å². The SMILES string of the molecule is Cc1nc2cc(NC(=O)[C@@H]3C[C@H]3[N+](=O)[O-])ccc2o1. The number of oxazole rings is 1. The molecule has 1 aromatic heterocycles. The Labute approximate surface area is 107 Å². The van der Waals surface area contributed by atoms with Crippen LogP contribution in [0.5, 0.6) is 0 Å². The Morgan fingerprint density at radius 1 is 1.58 bits per heavy atom. The summed E-state index contributed by atoms with van der Waals surface area (Å²) in [7, 11) is 0. The van der Waals surface area contributed by atoms with Crippen molar-refractivity contribution < 1.29 is 14.1 Å². The topological polar surface area (TPSA) is 98.3 Å². The Balaban J connectivity index is 1.75. The molecule has 1 saturated carbocycles. The molecule has 0 saturated heterocycles. The molecule has 0 aliphatic heterocycles. The zero-order valence-electron chi connectivity index (χ0n) is 10.1. The summed E-state index contributed by atoms with van der Waals surface area (Å²) in [6, 6.07) is 4.35. The average molecular weight is 261 g/mol. The van der Waals surface area contributed by atoms with Crippen molar-refractivity contribution in [3.63, 3.8) is 0 Å². The van der Waals surface area contributed by atoms with Crippen molar-refractivity contribution in [2.24, 2.45) is 5.92 Å². The quantitative estimate of drug-likeness (QED) is 0.670. The minimum atomic E-state index is -0.738. The molecule has 0 unspecified atom stereocenters. The lowest BCUT2D eigenvalue weighted by atomic mass is 10.2. The van der Waals surface area contributed by atoms with E-state index < -0.39 is 16.9 Å². The summed E-state index contributed by atoms with van der Waals surface area (Å²) in [6.07, 6.45) is 0.310. The molecule has 1 fully saturated rings. The maximum absolute atomic E-state index is 11.8. The number of nitrogens with one attached hydrogen (secondary N) is 1. The van der Waals surface area contributed by atoms with E-state index >= 15 is 0 Å². The summed E-state index contributed by atoms with van der Waals surface area (Å²) in [5, 5.41) is 13.2. The van der Waals surface area contributed by atoms with Crippen molar-refractivity contribution in [3.05, 3.63) is 34.2 Å². The van der Waals surface area contributed by atoms with Gasteiger partial charge in [-0.1, -0.05) is 0 Å². The molecule has 19 heavy (non-hydrogen) atoms. The van der Waals surface area contributed by atoms with E-state index in [0.29, 0.717) is 29.1 Å². The molecule has 98 valence electrons. The van der Waals surface area contributed by atoms with E-state index in [1.807, 2.05) is 0 Å². The number of fused-ring (bicyclic) bond motifs is 1. The number of nitrogens with zero attached hydrogens (tertiary/aromatic N) is 2. The van der Waals surface area contributed by atoms with Gasteiger partial charge in [-0.05, 0) is 18.2 Å². The van der Waals surface area contributed by atoms with Gasteiger partial charge in [0.05, 0.1) is 0 Å². The lowest BCUT2D eigenvalue weighted by Gasteiger charge is -2.02. The van der Waals surface area contributed by atoms with Gasteiger partial charge in [0.2, 0.25) is 11.9 Å². The number of aromatic nitrogens is 1. The van der Waals surface area contributed by atoms with Crippen molar-refractivity contribution in [2.45, 2.75) is 19.4 Å². The number of aryl methyl sites for hydroxylation is 1. The third-order valence-electron chi connectivity index (χ3n) is 3.13. The molecule has 2 aromatic rings. The minimum absolute atomic E-state index is 0.310. The molecule has 7 nitrogen and oxygen atoms in total. The molecule has 2 atom stereocenters. The third kappa shape index (κ3) is 2.14. The second-order valence-electron chi connectivity index (χ2n) is 4.60. The van der Waals surface area contributed by atoms with E-state index in [4.69, 9.17) is 4.42 Å². The standard InChI is InChI=1S/C12H11N3O4/c1-6-13-9-4-7(2-3-11(9)19-6)14-12(16)8-5-10(8)15(17)18/h2-4,8,10H,5H2,1H3,(H,14,16)/t8-,10-/m1/s1. The highest BCUT2D eigenvalue weighted by molar-refractivity contribution is 5.96. The summed E-state index contributed by atoms with van der Waals surface area (Å²) in [5.74, 6) is -0.292. The second kappa shape index (κ2) is 4.04. The van der Waals surface area contributed by atoms with E-state index in [9.17, 15) is 14.9 Å². The van der Waals surface area contributed by atoms with Crippen LogP contribution < -0.4 is 5.32 Å². The number of hydrogen-bond donors (Lipinski definition) is 1. The minimum Gasteiger partial charge on any atom is -0.441 e. The fraction of sp³-hybridized carbons (Fsp3) is 0.333. The number of rotatable bonds is 3. The van der Waals surface area contributed by atoms with Crippen LogP contribution in [0, 0.1) is 23.0 Å². The highest BCUT2D eigenvalue weighted by atomic mass is 16.6. The van der Waals surface area contributed by atoms with Gasteiger partial charge in [0.25, 0.3) is 0 Å². The van der Waals surface area contributed by atoms with Crippen LogP contribution in [0.1, 0.15) is 12.3 Å². The van der Waals surface area contributed by atoms with Crippen LogP contribution in [0.3, 0.4) is 0 Å². The van der Waals surface area contributed by atoms with Gasteiger partial charge in [-0.15, -0.1) is 0 Å². The maximum Gasteiger partial charge on any atom is 0.234 e. The predicted molar refractivity (Wildman–Crippen MR) is 66.3 cm³/mol. The Morgan fingerprint density at radius 3 is 3.05 bits per heavy atom. The molecular weight excluding hydrogens is 250 g/mol. The molecule has 0 spiro atoms. The molecular formula is C12H11N3O4. The van der Waals surface area contributed by atoms with Crippen LogP contribution in [0.4, 0.5) is 5.69 Å². The average Bonchev–Trinajstić information content (AvgIpc) is 3.06. The van der Waals surface area contributed by atoms with Crippen molar-refractivity contribution in [1.82, 2.24) is 4.98 Å². The Bertz CT molecular complexity index is 679. The van der Waals surface area contributed by atoms with E-state index in [1.54, 1.807) is 25.1 Å². The largest absolute Gasteiger partial charge is 0.441 e. The molecule has 1 N–H and O–H groups in total. The number of anilines is 1. The summed E-state index contributed by atoms with van der Waals surface area (Å²) in [6.45, 7) is 1.74. The van der Waals surface area contributed by atoms with Crippen LogP contribution in [0.15, 0.2) is 22.6 Å². The molecule has 1 aliphatic rings. The van der Waals surface area contributed by atoms with Crippen LogP contribution in [-0.2, 0) is 4.79 Å². The number of nitro groups is 1. The Kier molecular flexibility index (Phi) is 2.48. The summed E-state index contributed by atoms with van der Waals surface area (Å²) >= 11 is 0. The lowest BCUT2D eigenvalue weighted by molar-refractivity contribution is -0.497. The van der Waals surface area contributed by atoms with Gasteiger partial charge in [-0.25, -0.2) is 4.98 Å². The molecule has 1 aromatic carbocycles. The van der Waals surface area contributed by atoms with Gasteiger partial charge < -0.3 is 9.73 Å². The van der Waals surface area contributed by atoms with Gasteiger partial charge in [-0.2, -0.15) is 0 Å². The number of carbonyl (C=O) groups is 1. The van der Waals surface area contributed by atoms with Crippen molar-refractivity contribution in [3.8, 4) is 0 Å². The fourth-order valence-corrected chi connectivity index (χ4v) is 2.05. The van der Waals surface area contributed by atoms with Crippen LogP contribution in [-0.4, -0.2) is 21.9 Å². The van der Waals surface area contributed by atoms with Crippen LogP contribution in [0.25, 0.3) is 11.1 Å². The first-order valence-corrected chi connectivity index (χ1v) is 5.86. The fourth-order valence-electron chi connectivity index (χ4n) is 2.05. The molecule has 1 amide bonds. The summed E-state index contributed by atoms with van der Waals surface area (Å²) < 4.78 is 5.32. The lowest BCUT2D eigenvalue weighted by Crippen LogP contribution is -2.18. The second-order valence-corrected chi connectivity index (χ2v) is 4.60. The highest BCUT2D eigenvalue weighted by Crippen LogP contribution is 2.34. The van der Waals surface area contributed by atoms with Gasteiger partial charge in [0, 0.05) is 24.0 Å². The van der Waals surface area contributed by atoms with Crippen molar-refractivity contribution in [2.75, 3.05) is 5.32 Å². The smallest absolute Gasteiger partial charge is 0.234 e. The first kappa shape index (κ1) is 11.6. The third-order valence-corrected chi connectivity index (χ3v) is 3.13. The van der Waals surface area contributed by atoms with Crippen molar-refractivity contribution >= 4 is 22.7 Å². The number of carbonyl (C=O) groups excluding carboxylic acids is 1. The number of benzene rings is 1. The maximum atomic E-state index is 11.8. The van der Waals surface area contributed by atoms with E-state index in [2.05, 4.69) is 10.3 Å². The van der Waals surface area contributed by atoms with E-state index in [0.717, 1.165) is 0 Å². The van der Waals surface area contributed by atoms with Crippen LogP contribution in [0.2, 0.25) is 0 Å². The van der Waals surface area contributed by atoms with E-state index in [-0.39, 0.29) is 5.91 Å². The van der Waals surface area contributed by atoms with Gasteiger partial charge >= 0.3 is 0 Å². The zero-order valence-corrected chi connectivity index (χ0v) is 10.1. The predicted octanol–water partition coefficient (Wildman–Crippen LogP) is 1.74. The monoisotopic (exact) mass is 261 g/mol. The molecule has 1 aliphatic carbocycles. The van der Waals surface area contributed by atoms with Gasteiger partial charge in [0.15, 0.2) is 11.5 Å². The molecule has 7 heteroatoms. The molecule has 0 radical (unpaired) electrons. The van der Waals surface area contributed by atoms with Crippen molar-refractivity contribution in [1.29, 1.82) is 0 Å². The highest BCUT2D eigenvalue weighted by Gasteiger charge is 2.53. The Hall–Kier alpha value is -2.44. The first-order valence-electron chi connectivity index (χ1n) is 5.86. The van der Waals surface area contributed by atoms with Gasteiger partial charge in [0.1, 0.15) is 11.4 Å². The number of hydrogen-bond acceptors (Lipinski definition) is 5. The first-order chi connectivity index (χ1) is 9.04. The normalized spacial score (nSPS) is 21.3.